The zero-order valence-corrected chi connectivity index (χ0v) is 15.3. The average molecular weight is 351 g/mol. The zero-order valence-electron chi connectivity index (χ0n) is 15.3. The van der Waals surface area contributed by atoms with Crippen LogP contribution in [-0.4, -0.2) is 38.8 Å². The number of aryl methyl sites for hydroxylation is 1. The van der Waals surface area contributed by atoms with Gasteiger partial charge in [-0.25, -0.2) is 0 Å². The first-order chi connectivity index (χ1) is 12.7. The average Bonchev–Trinajstić information content (AvgIpc) is 2.67. The predicted molar refractivity (Wildman–Crippen MR) is 104 cm³/mol. The van der Waals surface area contributed by atoms with Crippen LogP contribution in [-0.2, 0) is 9.53 Å². The van der Waals surface area contributed by atoms with Crippen molar-refractivity contribution >= 4 is 12.0 Å². The van der Waals surface area contributed by atoms with Crippen molar-refractivity contribution in [2.24, 2.45) is 0 Å². The standard InChI is InChI=1S/C22H26N2O2/c1-18-6-5-7-19(16-18)10-11-22(25)23-21(20-8-3-2-4-9-20)17-24-12-14-26-15-13-24/h2-11,16,21H,12-15,17H2,1H3,(H,23,25)/p+1/b11-10+/t21-/m0/s1. The molecule has 1 amide bonds. The van der Waals surface area contributed by atoms with E-state index >= 15 is 0 Å². The fraction of sp³-hybridized carbons (Fsp3) is 0.318. The predicted octanol–water partition coefficient (Wildman–Crippen LogP) is 1.78. The molecule has 0 aromatic heterocycles. The van der Waals surface area contributed by atoms with Crippen molar-refractivity contribution in [3.63, 3.8) is 0 Å². The number of carbonyl (C=O) groups is 1. The normalized spacial score (nSPS) is 16.5. The Hall–Kier alpha value is -2.43. The van der Waals surface area contributed by atoms with Crippen molar-refractivity contribution in [1.82, 2.24) is 5.32 Å². The van der Waals surface area contributed by atoms with Gasteiger partial charge in [0.1, 0.15) is 25.7 Å². The largest absolute Gasteiger partial charge is 0.370 e. The molecular weight excluding hydrogens is 324 g/mol. The summed E-state index contributed by atoms with van der Waals surface area (Å²) in [6.07, 6.45) is 3.49. The summed E-state index contributed by atoms with van der Waals surface area (Å²) in [6.45, 7) is 6.47. The molecule has 1 saturated heterocycles. The Morgan fingerprint density at radius 1 is 1.15 bits per heavy atom. The molecule has 26 heavy (non-hydrogen) atoms. The van der Waals surface area contributed by atoms with Crippen molar-refractivity contribution in [2.45, 2.75) is 13.0 Å². The van der Waals surface area contributed by atoms with Crippen LogP contribution in [0.15, 0.2) is 60.7 Å². The number of morpholine rings is 1. The molecule has 0 saturated carbocycles. The maximum atomic E-state index is 12.5. The van der Waals surface area contributed by atoms with Crippen LogP contribution in [0.2, 0.25) is 0 Å². The number of rotatable bonds is 6. The number of benzene rings is 2. The first-order valence-corrected chi connectivity index (χ1v) is 9.22. The number of hydrogen-bond donors (Lipinski definition) is 2. The van der Waals surface area contributed by atoms with E-state index < -0.39 is 0 Å². The molecule has 1 aliphatic rings. The van der Waals surface area contributed by atoms with E-state index in [-0.39, 0.29) is 11.9 Å². The summed E-state index contributed by atoms with van der Waals surface area (Å²) in [4.78, 5) is 14.0. The summed E-state index contributed by atoms with van der Waals surface area (Å²) in [5, 5.41) is 3.18. The lowest BCUT2D eigenvalue weighted by atomic mass is 10.1. The second-order valence-corrected chi connectivity index (χ2v) is 6.79. The number of ether oxygens (including phenoxy) is 1. The van der Waals surface area contributed by atoms with Gasteiger partial charge in [-0.2, -0.15) is 0 Å². The summed E-state index contributed by atoms with van der Waals surface area (Å²) >= 11 is 0. The van der Waals surface area contributed by atoms with Gasteiger partial charge in [-0.1, -0.05) is 60.2 Å². The second kappa shape index (κ2) is 9.32. The second-order valence-electron chi connectivity index (χ2n) is 6.79. The molecule has 3 rings (SSSR count). The van der Waals surface area contributed by atoms with Crippen LogP contribution in [0.5, 0.6) is 0 Å². The molecule has 4 nitrogen and oxygen atoms in total. The summed E-state index contributed by atoms with van der Waals surface area (Å²) in [7, 11) is 0. The molecular formula is C22H27N2O2+. The number of carbonyl (C=O) groups excluding carboxylic acids is 1. The van der Waals surface area contributed by atoms with Crippen LogP contribution in [0, 0.1) is 6.92 Å². The number of quaternary nitrogens is 1. The highest BCUT2D eigenvalue weighted by atomic mass is 16.5. The minimum absolute atomic E-state index is 0.000963. The van der Waals surface area contributed by atoms with E-state index in [4.69, 9.17) is 4.74 Å². The molecule has 0 unspecified atom stereocenters. The van der Waals surface area contributed by atoms with Gasteiger partial charge in [0.25, 0.3) is 0 Å². The quantitative estimate of drug-likeness (QED) is 0.779. The summed E-state index contributed by atoms with van der Waals surface area (Å²) < 4.78 is 5.45. The lowest BCUT2D eigenvalue weighted by Crippen LogP contribution is -3.14. The van der Waals surface area contributed by atoms with Gasteiger partial charge in [0.15, 0.2) is 0 Å². The Kier molecular flexibility index (Phi) is 6.58. The lowest BCUT2D eigenvalue weighted by molar-refractivity contribution is -0.909. The van der Waals surface area contributed by atoms with E-state index in [1.807, 2.05) is 49.4 Å². The van der Waals surface area contributed by atoms with Crippen molar-refractivity contribution in [2.75, 3.05) is 32.8 Å². The highest BCUT2D eigenvalue weighted by Gasteiger charge is 2.22. The van der Waals surface area contributed by atoms with Crippen molar-refractivity contribution in [3.8, 4) is 0 Å². The number of amides is 1. The van der Waals surface area contributed by atoms with Crippen LogP contribution in [0.1, 0.15) is 22.7 Å². The molecule has 0 aliphatic carbocycles. The first kappa shape index (κ1) is 18.4. The molecule has 2 aromatic carbocycles. The molecule has 1 atom stereocenters. The molecule has 1 heterocycles. The molecule has 136 valence electrons. The molecule has 1 fully saturated rings. The monoisotopic (exact) mass is 351 g/mol. The van der Waals surface area contributed by atoms with Crippen LogP contribution in [0.3, 0.4) is 0 Å². The van der Waals surface area contributed by atoms with Crippen LogP contribution in [0.4, 0.5) is 0 Å². The Morgan fingerprint density at radius 3 is 2.65 bits per heavy atom. The third-order valence-electron chi connectivity index (χ3n) is 4.68. The maximum absolute atomic E-state index is 12.5. The van der Waals surface area contributed by atoms with Gasteiger partial charge in [-0.05, 0) is 24.1 Å². The van der Waals surface area contributed by atoms with Crippen LogP contribution in [0.25, 0.3) is 6.08 Å². The van der Waals surface area contributed by atoms with Gasteiger partial charge in [-0.3, -0.25) is 4.79 Å². The minimum Gasteiger partial charge on any atom is -0.370 e. The lowest BCUT2D eigenvalue weighted by Gasteiger charge is -2.28. The van der Waals surface area contributed by atoms with Crippen LogP contribution < -0.4 is 10.2 Å². The fourth-order valence-electron chi connectivity index (χ4n) is 3.26. The molecule has 1 aliphatic heterocycles. The molecule has 2 N–H and O–H groups in total. The SMILES string of the molecule is Cc1cccc(/C=C/C(=O)N[C@@H](C[NH+]2CCOCC2)c2ccccc2)c1. The van der Waals surface area contributed by atoms with Crippen molar-refractivity contribution in [1.29, 1.82) is 0 Å². The minimum atomic E-state index is -0.0620. The van der Waals surface area contributed by atoms with Gasteiger partial charge in [0, 0.05) is 6.08 Å². The molecule has 4 heteroatoms. The van der Waals surface area contributed by atoms with Gasteiger partial charge in [0.05, 0.1) is 13.2 Å². The number of nitrogens with one attached hydrogen (secondary N) is 2. The molecule has 0 radical (unpaired) electrons. The van der Waals surface area contributed by atoms with E-state index in [0.29, 0.717) is 0 Å². The van der Waals surface area contributed by atoms with E-state index in [2.05, 4.69) is 23.5 Å². The van der Waals surface area contributed by atoms with E-state index in [1.165, 1.54) is 10.5 Å². The van der Waals surface area contributed by atoms with Crippen molar-refractivity contribution in [3.05, 3.63) is 77.4 Å². The highest BCUT2D eigenvalue weighted by molar-refractivity contribution is 5.92. The van der Waals surface area contributed by atoms with Crippen molar-refractivity contribution < 1.29 is 14.4 Å². The smallest absolute Gasteiger partial charge is 0.244 e. The zero-order chi connectivity index (χ0) is 18.2. The Morgan fingerprint density at radius 2 is 1.92 bits per heavy atom. The van der Waals surface area contributed by atoms with Gasteiger partial charge in [0.2, 0.25) is 5.91 Å². The summed E-state index contributed by atoms with van der Waals surface area (Å²) in [5.41, 5.74) is 3.37. The Balaban J connectivity index is 1.67. The first-order valence-electron chi connectivity index (χ1n) is 9.22. The third-order valence-corrected chi connectivity index (χ3v) is 4.68. The summed E-state index contributed by atoms with van der Waals surface area (Å²) in [6, 6.07) is 18.3. The summed E-state index contributed by atoms with van der Waals surface area (Å²) in [5.74, 6) is -0.0620. The number of hydrogen-bond acceptors (Lipinski definition) is 2. The highest BCUT2D eigenvalue weighted by Crippen LogP contribution is 2.11. The Labute approximate surface area is 155 Å². The van der Waals surface area contributed by atoms with Gasteiger partial charge < -0.3 is 15.0 Å². The third kappa shape index (κ3) is 5.55. The van der Waals surface area contributed by atoms with E-state index in [1.54, 1.807) is 6.08 Å². The molecule has 0 bridgehead atoms. The van der Waals surface area contributed by atoms with Gasteiger partial charge >= 0.3 is 0 Å². The fourth-order valence-corrected chi connectivity index (χ4v) is 3.26. The van der Waals surface area contributed by atoms with E-state index in [9.17, 15) is 4.79 Å². The van der Waals surface area contributed by atoms with Gasteiger partial charge in [-0.15, -0.1) is 0 Å². The molecule has 0 spiro atoms. The van der Waals surface area contributed by atoms with Crippen LogP contribution >= 0.6 is 0 Å². The Bertz CT molecular complexity index is 737. The topological polar surface area (TPSA) is 42.8 Å². The maximum Gasteiger partial charge on any atom is 0.244 e. The van der Waals surface area contributed by atoms with E-state index in [0.717, 1.165) is 44.0 Å². The molecule has 2 aromatic rings.